The van der Waals surface area contributed by atoms with Gasteiger partial charge in [0.1, 0.15) is 29.8 Å². The van der Waals surface area contributed by atoms with Gasteiger partial charge in [-0.2, -0.15) is 0 Å². The maximum Gasteiger partial charge on any atom is 0.408 e. The van der Waals surface area contributed by atoms with Crippen molar-refractivity contribution in [1.29, 1.82) is 0 Å². The Morgan fingerprint density at radius 1 is 0.857 bits per heavy atom. The van der Waals surface area contributed by atoms with E-state index in [1.54, 1.807) is 53.7 Å². The quantitative estimate of drug-likeness (QED) is 0.331. The second-order valence-electron chi connectivity index (χ2n) is 12.3. The van der Waals surface area contributed by atoms with Crippen LogP contribution >= 0.6 is 0 Å². The van der Waals surface area contributed by atoms with Crippen LogP contribution in [0.15, 0.2) is 54.6 Å². The number of hydrogen-bond donors (Lipinski definition) is 2. The molecule has 0 fully saturated rings. The Morgan fingerprint density at radius 3 is 2.02 bits per heavy atom. The van der Waals surface area contributed by atoms with Gasteiger partial charge in [0, 0.05) is 13.0 Å². The van der Waals surface area contributed by atoms with Crippen LogP contribution in [0.25, 0.3) is 0 Å². The normalized spacial score (nSPS) is 13.0. The first-order valence-corrected chi connectivity index (χ1v) is 14.5. The Balaban J connectivity index is 2.46. The number of benzene rings is 2. The average molecular weight is 582 g/mol. The van der Waals surface area contributed by atoms with Gasteiger partial charge in [-0.25, -0.2) is 9.59 Å². The molecular weight excluding hydrogens is 534 g/mol. The van der Waals surface area contributed by atoms with Crippen LogP contribution in [0.3, 0.4) is 0 Å². The lowest BCUT2D eigenvalue weighted by Crippen LogP contribution is -2.52. The number of alkyl carbamates (subject to hydrolysis) is 1. The van der Waals surface area contributed by atoms with Crippen LogP contribution in [0.2, 0.25) is 0 Å². The summed E-state index contributed by atoms with van der Waals surface area (Å²) >= 11 is 0. The predicted molar refractivity (Wildman–Crippen MR) is 163 cm³/mol. The molecule has 2 rings (SSSR count). The minimum absolute atomic E-state index is 0.213. The first kappa shape index (κ1) is 34.3. The van der Waals surface area contributed by atoms with Gasteiger partial charge in [0.2, 0.25) is 11.8 Å². The molecule has 2 aromatic rings. The van der Waals surface area contributed by atoms with Gasteiger partial charge >= 0.3 is 12.1 Å². The van der Waals surface area contributed by atoms with Gasteiger partial charge in [-0.15, -0.1) is 0 Å². The SMILES string of the molecule is CCCCN(C(=O)CNC(=O)OC(C)(C)C)C(C(=O)NC(Cc1ccccc1)C(=O)OC(C)(C)C)c1ccccc1C. The van der Waals surface area contributed by atoms with Crippen LogP contribution in [0.4, 0.5) is 4.79 Å². The molecular formula is C33H47N3O6. The number of carbonyl (C=O) groups is 4. The lowest BCUT2D eigenvalue weighted by atomic mass is 9.97. The lowest BCUT2D eigenvalue weighted by molar-refractivity contribution is -0.159. The molecule has 0 radical (unpaired) electrons. The van der Waals surface area contributed by atoms with Crippen molar-refractivity contribution >= 4 is 23.9 Å². The highest BCUT2D eigenvalue weighted by Crippen LogP contribution is 2.26. The topological polar surface area (TPSA) is 114 Å². The zero-order valence-corrected chi connectivity index (χ0v) is 26.3. The summed E-state index contributed by atoms with van der Waals surface area (Å²) < 4.78 is 10.9. The molecule has 0 aliphatic rings. The number of aryl methyl sites for hydroxylation is 1. The van der Waals surface area contributed by atoms with E-state index in [0.29, 0.717) is 12.0 Å². The molecule has 0 saturated carbocycles. The molecule has 42 heavy (non-hydrogen) atoms. The molecule has 2 N–H and O–H groups in total. The third-order valence-electron chi connectivity index (χ3n) is 6.19. The Bertz CT molecular complexity index is 1200. The highest BCUT2D eigenvalue weighted by atomic mass is 16.6. The Morgan fingerprint density at radius 2 is 1.45 bits per heavy atom. The molecule has 9 heteroatoms. The summed E-state index contributed by atoms with van der Waals surface area (Å²) in [4.78, 5) is 54.9. The summed E-state index contributed by atoms with van der Waals surface area (Å²) in [6, 6.07) is 14.6. The Hall–Kier alpha value is -3.88. The predicted octanol–water partition coefficient (Wildman–Crippen LogP) is 5.26. The molecule has 0 aliphatic heterocycles. The van der Waals surface area contributed by atoms with E-state index < -0.39 is 47.2 Å². The van der Waals surface area contributed by atoms with Crippen LogP contribution in [0.5, 0.6) is 0 Å². The second kappa shape index (κ2) is 15.4. The molecule has 0 bridgehead atoms. The smallest absolute Gasteiger partial charge is 0.408 e. The van der Waals surface area contributed by atoms with Gasteiger partial charge in [-0.05, 0) is 71.6 Å². The minimum atomic E-state index is -1.05. The van der Waals surface area contributed by atoms with E-state index in [-0.39, 0.29) is 19.5 Å². The van der Waals surface area contributed by atoms with Crippen molar-refractivity contribution in [2.75, 3.05) is 13.1 Å². The maximum absolute atomic E-state index is 14.2. The molecule has 230 valence electrons. The fraction of sp³-hybridized carbons (Fsp3) is 0.515. The number of amides is 3. The first-order valence-electron chi connectivity index (χ1n) is 14.5. The molecule has 9 nitrogen and oxygen atoms in total. The molecule has 3 amide bonds. The number of nitrogens with one attached hydrogen (secondary N) is 2. The molecule has 0 aromatic heterocycles. The second-order valence-corrected chi connectivity index (χ2v) is 12.3. The Kier molecular flexibility index (Phi) is 12.6. The van der Waals surface area contributed by atoms with Gasteiger partial charge in [0.15, 0.2) is 0 Å². The van der Waals surface area contributed by atoms with E-state index in [1.807, 2.05) is 56.3 Å². The van der Waals surface area contributed by atoms with Gasteiger partial charge in [-0.3, -0.25) is 9.59 Å². The number of carbonyl (C=O) groups excluding carboxylic acids is 4. The summed E-state index contributed by atoms with van der Waals surface area (Å²) in [5, 5.41) is 5.42. The van der Waals surface area contributed by atoms with Crippen molar-refractivity contribution in [3.8, 4) is 0 Å². The minimum Gasteiger partial charge on any atom is -0.458 e. The summed E-state index contributed by atoms with van der Waals surface area (Å²) in [6.07, 6.45) is 0.897. The molecule has 2 unspecified atom stereocenters. The highest BCUT2D eigenvalue weighted by Gasteiger charge is 2.36. The van der Waals surface area contributed by atoms with E-state index in [0.717, 1.165) is 17.5 Å². The summed E-state index contributed by atoms with van der Waals surface area (Å²) in [5.41, 5.74) is 0.793. The standard InChI is InChI=1S/C33H47N3O6/c1-9-10-20-36(27(37)22-34-31(40)42-33(6,7)8)28(25-19-15-14-16-23(25)2)29(38)35-26(30(39)41-32(3,4)5)21-24-17-12-11-13-18-24/h11-19,26,28H,9-10,20-22H2,1-8H3,(H,34,40)(H,35,38). The molecule has 2 aromatic carbocycles. The van der Waals surface area contributed by atoms with Gasteiger partial charge in [0.05, 0.1) is 0 Å². The average Bonchev–Trinajstić information content (AvgIpc) is 2.88. The van der Waals surface area contributed by atoms with Crippen molar-refractivity contribution in [2.45, 2.75) is 97.9 Å². The van der Waals surface area contributed by atoms with E-state index >= 15 is 0 Å². The number of rotatable bonds is 12. The number of hydrogen-bond acceptors (Lipinski definition) is 6. The van der Waals surface area contributed by atoms with E-state index in [2.05, 4.69) is 10.6 Å². The fourth-order valence-electron chi connectivity index (χ4n) is 4.30. The van der Waals surface area contributed by atoms with Gasteiger partial charge < -0.3 is 25.0 Å². The van der Waals surface area contributed by atoms with E-state index in [4.69, 9.17) is 9.47 Å². The van der Waals surface area contributed by atoms with Crippen LogP contribution < -0.4 is 10.6 Å². The van der Waals surface area contributed by atoms with Crippen molar-refractivity contribution in [2.24, 2.45) is 0 Å². The van der Waals surface area contributed by atoms with Crippen LogP contribution in [0, 0.1) is 6.92 Å². The molecule has 2 atom stereocenters. The van der Waals surface area contributed by atoms with Gasteiger partial charge in [0.25, 0.3) is 0 Å². The third-order valence-corrected chi connectivity index (χ3v) is 6.19. The third kappa shape index (κ3) is 11.5. The van der Waals surface area contributed by atoms with E-state index in [9.17, 15) is 19.2 Å². The first-order chi connectivity index (χ1) is 19.6. The molecule has 0 aliphatic carbocycles. The Labute approximate surface area is 250 Å². The summed E-state index contributed by atoms with van der Waals surface area (Å²) in [5.74, 6) is -1.53. The van der Waals surface area contributed by atoms with Crippen molar-refractivity contribution in [1.82, 2.24) is 15.5 Å². The number of ether oxygens (including phenoxy) is 2. The van der Waals surface area contributed by atoms with Crippen molar-refractivity contribution in [3.05, 3.63) is 71.3 Å². The number of nitrogens with zero attached hydrogens (tertiary/aromatic N) is 1. The van der Waals surface area contributed by atoms with Crippen LogP contribution in [-0.4, -0.2) is 59.1 Å². The van der Waals surface area contributed by atoms with Crippen molar-refractivity contribution < 1.29 is 28.7 Å². The van der Waals surface area contributed by atoms with Crippen LogP contribution in [0.1, 0.15) is 84.0 Å². The zero-order valence-electron chi connectivity index (χ0n) is 26.3. The number of unbranched alkanes of at least 4 members (excludes halogenated alkanes) is 1. The molecule has 0 saturated heterocycles. The van der Waals surface area contributed by atoms with Gasteiger partial charge in [-0.1, -0.05) is 67.9 Å². The maximum atomic E-state index is 14.2. The number of esters is 1. The summed E-state index contributed by atoms with van der Waals surface area (Å²) in [7, 11) is 0. The molecule has 0 heterocycles. The largest absolute Gasteiger partial charge is 0.458 e. The monoisotopic (exact) mass is 581 g/mol. The highest BCUT2D eigenvalue weighted by molar-refractivity contribution is 5.93. The fourth-order valence-corrected chi connectivity index (χ4v) is 4.30. The zero-order chi connectivity index (χ0) is 31.5. The summed E-state index contributed by atoms with van der Waals surface area (Å²) in [6.45, 7) is 14.3. The van der Waals surface area contributed by atoms with Crippen LogP contribution in [-0.2, 0) is 30.3 Å². The molecule has 0 spiro atoms. The van der Waals surface area contributed by atoms with E-state index in [1.165, 1.54) is 4.90 Å². The lowest BCUT2D eigenvalue weighted by Gasteiger charge is -2.34. The van der Waals surface area contributed by atoms with Crippen molar-refractivity contribution in [3.63, 3.8) is 0 Å².